The Morgan fingerprint density at radius 1 is 1.31 bits per heavy atom. The van der Waals surface area contributed by atoms with Gasteiger partial charge in [-0.1, -0.05) is 12.1 Å². The van der Waals surface area contributed by atoms with Crippen LogP contribution in [0.2, 0.25) is 0 Å². The van der Waals surface area contributed by atoms with Crippen molar-refractivity contribution in [3.8, 4) is 11.4 Å². The summed E-state index contributed by atoms with van der Waals surface area (Å²) in [5, 5.41) is 17.0. The lowest BCUT2D eigenvalue weighted by molar-refractivity contribution is 0.199. The average molecular weight is 349 g/mol. The van der Waals surface area contributed by atoms with Crippen molar-refractivity contribution >= 4 is 11.5 Å². The Bertz CT molecular complexity index is 960. The van der Waals surface area contributed by atoms with Crippen LogP contribution in [0, 0.1) is 5.41 Å². The molecule has 2 fully saturated rings. The minimum Gasteiger partial charge on any atom is -0.389 e. The van der Waals surface area contributed by atoms with Crippen LogP contribution >= 0.6 is 0 Å². The molecule has 0 amide bonds. The number of aliphatic hydroxyl groups is 1. The summed E-state index contributed by atoms with van der Waals surface area (Å²) in [7, 11) is 0. The van der Waals surface area contributed by atoms with Gasteiger partial charge in [0, 0.05) is 30.7 Å². The van der Waals surface area contributed by atoms with Crippen molar-refractivity contribution in [2.75, 3.05) is 18.4 Å². The Balaban J connectivity index is 1.49. The molecule has 3 aromatic heterocycles. The summed E-state index contributed by atoms with van der Waals surface area (Å²) in [4.78, 5) is 9.31. The molecule has 0 aromatic carbocycles. The van der Waals surface area contributed by atoms with Crippen molar-refractivity contribution in [1.82, 2.24) is 19.7 Å². The number of hydrogen-bond donors (Lipinski definition) is 3. The van der Waals surface area contributed by atoms with E-state index in [4.69, 9.17) is 4.98 Å². The van der Waals surface area contributed by atoms with Gasteiger partial charge in [0.2, 0.25) is 0 Å². The van der Waals surface area contributed by atoms with Crippen LogP contribution in [0.1, 0.15) is 31.4 Å². The monoisotopic (exact) mass is 349 g/mol. The summed E-state index contributed by atoms with van der Waals surface area (Å²) in [6.45, 7) is 3.88. The van der Waals surface area contributed by atoms with Gasteiger partial charge in [-0.25, -0.2) is 9.97 Å². The Morgan fingerprint density at radius 2 is 2.19 bits per heavy atom. The van der Waals surface area contributed by atoms with E-state index in [1.54, 1.807) is 6.92 Å². The van der Waals surface area contributed by atoms with Crippen molar-refractivity contribution in [3.63, 3.8) is 0 Å². The minimum absolute atomic E-state index is 0.438. The fraction of sp³-hybridized carbons (Fsp3) is 0.400. The zero-order valence-electron chi connectivity index (χ0n) is 14.8. The highest BCUT2D eigenvalue weighted by Crippen LogP contribution is 2.51. The number of imidazole rings is 1. The van der Waals surface area contributed by atoms with Gasteiger partial charge in [-0.05, 0) is 43.5 Å². The first-order valence-corrected chi connectivity index (χ1v) is 9.24. The van der Waals surface area contributed by atoms with Crippen LogP contribution < -0.4 is 10.6 Å². The molecule has 6 heteroatoms. The highest BCUT2D eigenvalue weighted by atomic mass is 16.3. The Kier molecular flexibility index (Phi) is 3.52. The molecule has 1 aliphatic heterocycles. The zero-order chi connectivity index (χ0) is 17.7. The van der Waals surface area contributed by atoms with Gasteiger partial charge in [0.15, 0.2) is 0 Å². The van der Waals surface area contributed by atoms with Gasteiger partial charge in [0.25, 0.3) is 0 Å². The Morgan fingerprint density at radius 3 is 3.00 bits per heavy atom. The standard InChI is InChI=1S/C20H23N5O/c1-13(26)14-5-6-19-22-9-16(25(19)11-14)15-3-2-4-18(23-15)24-17-10-21-12-20(17)7-8-20/h2-6,9,11,13,17,21,26H,7-8,10,12H2,1H3,(H,23,24). The molecular formula is C20H23N5O. The van der Waals surface area contributed by atoms with E-state index in [-0.39, 0.29) is 0 Å². The number of nitrogens with zero attached hydrogens (tertiary/aromatic N) is 3. The first-order chi connectivity index (χ1) is 12.6. The van der Waals surface area contributed by atoms with Gasteiger partial charge in [-0.3, -0.25) is 4.40 Å². The molecule has 1 saturated heterocycles. The molecular weight excluding hydrogens is 326 g/mol. The number of aromatic nitrogens is 3. The molecule has 1 aliphatic carbocycles. The zero-order valence-corrected chi connectivity index (χ0v) is 14.8. The summed E-state index contributed by atoms with van der Waals surface area (Å²) in [6.07, 6.45) is 5.86. The number of nitrogens with one attached hydrogen (secondary N) is 2. The van der Waals surface area contributed by atoms with Crippen molar-refractivity contribution < 1.29 is 5.11 Å². The lowest BCUT2D eigenvalue weighted by Gasteiger charge is -2.19. The second kappa shape index (κ2) is 5.79. The van der Waals surface area contributed by atoms with Crippen LogP contribution in [0.3, 0.4) is 0 Å². The van der Waals surface area contributed by atoms with E-state index in [2.05, 4.69) is 15.6 Å². The smallest absolute Gasteiger partial charge is 0.137 e. The SMILES string of the molecule is CC(O)c1ccc2ncc(-c3cccc(NC4CNCC45CC5)n3)n2c1. The van der Waals surface area contributed by atoms with Crippen LogP contribution in [0.25, 0.3) is 17.0 Å². The maximum Gasteiger partial charge on any atom is 0.137 e. The lowest BCUT2D eigenvalue weighted by atomic mass is 10.0. The highest BCUT2D eigenvalue weighted by Gasteiger charge is 2.52. The number of pyridine rings is 2. The van der Waals surface area contributed by atoms with Gasteiger partial charge in [-0.2, -0.15) is 0 Å². The molecule has 2 aliphatic rings. The fourth-order valence-electron chi connectivity index (χ4n) is 3.96. The molecule has 6 nitrogen and oxygen atoms in total. The molecule has 2 unspecified atom stereocenters. The lowest BCUT2D eigenvalue weighted by Crippen LogP contribution is -2.29. The fourth-order valence-corrected chi connectivity index (χ4v) is 3.96. The molecule has 1 spiro atoms. The number of hydrogen-bond acceptors (Lipinski definition) is 5. The van der Waals surface area contributed by atoms with Gasteiger partial charge >= 0.3 is 0 Å². The summed E-state index contributed by atoms with van der Waals surface area (Å²) < 4.78 is 1.99. The van der Waals surface area contributed by atoms with Crippen LogP contribution in [0.4, 0.5) is 5.82 Å². The number of fused-ring (bicyclic) bond motifs is 1. The maximum absolute atomic E-state index is 9.88. The van der Waals surface area contributed by atoms with E-state index in [0.29, 0.717) is 11.5 Å². The first-order valence-electron chi connectivity index (χ1n) is 9.24. The molecule has 26 heavy (non-hydrogen) atoms. The van der Waals surface area contributed by atoms with Gasteiger partial charge in [0.05, 0.1) is 23.7 Å². The van der Waals surface area contributed by atoms with Gasteiger partial charge in [-0.15, -0.1) is 0 Å². The van der Waals surface area contributed by atoms with E-state index in [1.807, 2.05) is 47.1 Å². The molecule has 0 radical (unpaired) electrons. The van der Waals surface area contributed by atoms with E-state index in [9.17, 15) is 5.11 Å². The summed E-state index contributed by atoms with van der Waals surface area (Å²) >= 11 is 0. The molecule has 3 N–H and O–H groups in total. The molecule has 5 rings (SSSR count). The molecule has 3 aromatic rings. The van der Waals surface area contributed by atoms with E-state index in [0.717, 1.165) is 41.5 Å². The highest BCUT2D eigenvalue weighted by molar-refractivity contribution is 5.62. The predicted octanol–water partition coefficient (Wildman–Crippen LogP) is 2.61. The minimum atomic E-state index is -0.514. The molecule has 134 valence electrons. The third-order valence-electron chi connectivity index (χ3n) is 5.80. The third-order valence-corrected chi connectivity index (χ3v) is 5.80. The van der Waals surface area contributed by atoms with Gasteiger partial charge < -0.3 is 15.7 Å². The number of anilines is 1. The summed E-state index contributed by atoms with van der Waals surface area (Å²) in [6, 6.07) is 10.4. The predicted molar refractivity (Wildman–Crippen MR) is 101 cm³/mol. The molecule has 4 heterocycles. The second-order valence-corrected chi connectivity index (χ2v) is 7.61. The Labute approximate surface area is 152 Å². The van der Waals surface area contributed by atoms with Crippen molar-refractivity contribution in [1.29, 1.82) is 0 Å². The number of rotatable bonds is 4. The Hall–Kier alpha value is -2.44. The van der Waals surface area contributed by atoms with Crippen LogP contribution in [0.15, 0.2) is 42.7 Å². The average Bonchev–Trinajstić information content (AvgIpc) is 3.14. The van der Waals surface area contributed by atoms with Crippen molar-refractivity contribution in [3.05, 3.63) is 48.3 Å². The van der Waals surface area contributed by atoms with Crippen LogP contribution in [-0.2, 0) is 0 Å². The van der Waals surface area contributed by atoms with E-state index < -0.39 is 6.10 Å². The molecule has 2 atom stereocenters. The van der Waals surface area contributed by atoms with Gasteiger partial charge in [0.1, 0.15) is 11.5 Å². The largest absolute Gasteiger partial charge is 0.389 e. The van der Waals surface area contributed by atoms with Crippen molar-refractivity contribution in [2.24, 2.45) is 5.41 Å². The first kappa shape index (κ1) is 15.8. The molecule has 0 bridgehead atoms. The van der Waals surface area contributed by atoms with E-state index >= 15 is 0 Å². The number of aliphatic hydroxyl groups excluding tert-OH is 1. The quantitative estimate of drug-likeness (QED) is 0.675. The van der Waals surface area contributed by atoms with E-state index in [1.165, 1.54) is 12.8 Å². The molecule has 1 saturated carbocycles. The summed E-state index contributed by atoms with van der Waals surface area (Å²) in [5.74, 6) is 0.907. The van der Waals surface area contributed by atoms with Crippen LogP contribution in [0.5, 0.6) is 0 Å². The normalized spacial score (nSPS) is 22.0. The summed E-state index contributed by atoms with van der Waals surface area (Å²) in [5.41, 5.74) is 3.95. The maximum atomic E-state index is 9.88. The topological polar surface area (TPSA) is 74.5 Å². The van der Waals surface area contributed by atoms with Crippen LogP contribution in [-0.4, -0.2) is 38.6 Å². The van der Waals surface area contributed by atoms with Crippen molar-refractivity contribution in [2.45, 2.75) is 31.9 Å². The third kappa shape index (κ3) is 2.57. The second-order valence-electron chi connectivity index (χ2n) is 7.61.